The second-order valence-electron chi connectivity index (χ2n) is 5.54. The summed E-state index contributed by atoms with van der Waals surface area (Å²) in [5.41, 5.74) is 1.23. The maximum atomic E-state index is 12.7. The molecule has 3 rings (SSSR count). The lowest BCUT2D eigenvalue weighted by molar-refractivity contribution is 0.0748. The number of aromatic amines is 1. The molecule has 3 aromatic rings. The summed E-state index contributed by atoms with van der Waals surface area (Å²) in [4.78, 5) is 33.6. The van der Waals surface area contributed by atoms with Crippen LogP contribution < -0.4 is 5.56 Å². The van der Waals surface area contributed by atoms with E-state index in [0.717, 1.165) is 0 Å². The van der Waals surface area contributed by atoms with Crippen molar-refractivity contribution in [2.75, 3.05) is 6.54 Å². The second kappa shape index (κ2) is 6.97. The largest absolute Gasteiger partial charge is 0.331 e. The highest BCUT2D eigenvalue weighted by Crippen LogP contribution is 2.11. The first kappa shape index (κ1) is 16.4. The van der Waals surface area contributed by atoms with E-state index >= 15 is 0 Å². The Morgan fingerprint density at radius 2 is 2.04 bits per heavy atom. The third-order valence-corrected chi connectivity index (χ3v) is 3.91. The van der Waals surface area contributed by atoms with E-state index in [2.05, 4.69) is 9.97 Å². The van der Waals surface area contributed by atoms with Crippen molar-refractivity contribution in [1.82, 2.24) is 14.9 Å². The lowest BCUT2D eigenvalue weighted by atomic mass is 10.1. The molecule has 0 aliphatic rings. The number of nitriles is 1. The van der Waals surface area contributed by atoms with Gasteiger partial charge in [-0.05, 0) is 37.3 Å². The van der Waals surface area contributed by atoms with Crippen molar-refractivity contribution in [3.63, 3.8) is 0 Å². The van der Waals surface area contributed by atoms with Crippen LogP contribution in [0.25, 0.3) is 10.9 Å². The van der Waals surface area contributed by atoms with E-state index in [1.807, 2.05) is 19.1 Å². The predicted octanol–water partition coefficient (Wildman–Crippen LogP) is 2.46. The molecule has 0 atom stereocenters. The Labute approximate surface area is 144 Å². The molecule has 1 N–H and O–H groups in total. The maximum Gasteiger partial charge on any atom is 0.258 e. The Balaban J connectivity index is 1.90. The first-order valence-electron chi connectivity index (χ1n) is 7.89. The smallest absolute Gasteiger partial charge is 0.258 e. The first-order chi connectivity index (χ1) is 12.1. The molecule has 0 bridgehead atoms. The van der Waals surface area contributed by atoms with Crippen LogP contribution in [0, 0.1) is 11.3 Å². The van der Waals surface area contributed by atoms with Gasteiger partial charge in [-0.1, -0.05) is 18.2 Å². The summed E-state index contributed by atoms with van der Waals surface area (Å²) < 4.78 is 0. The number of hydrogen-bond donors (Lipinski definition) is 1. The average molecular weight is 332 g/mol. The van der Waals surface area contributed by atoms with Crippen LogP contribution in [0.4, 0.5) is 0 Å². The Morgan fingerprint density at radius 3 is 2.80 bits per heavy atom. The summed E-state index contributed by atoms with van der Waals surface area (Å²) in [7, 11) is 0. The van der Waals surface area contributed by atoms with Gasteiger partial charge < -0.3 is 9.88 Å². The van der Waals surface area contributed by atoms with Gasteiger partial charge in [-0.15, -0.1) is 0 Å². The molecule has 25 heavy (non-hydrogen) atoms. The molecule has 0 unspecified atom stereocenters. The number of carbonyl (C=O) groups excluding carboxylic acids is 1. The topological polar surface area (TPSA) is 89.8 Å². The minimum absolute atomic E-state index is 0.187. The zero-order valence-electron chi connectivity index (χ0n) is 13.7. The standard InChI is InChI=1S/C19H16N4O2/c1-2-23(19(25)14-7-5-6-13(10-14)11-20)12-17-21-16-9-4-3-8-15(16)18(24)22-17/h3-10H,2,12H2,1H3,(H,21,22,24). The molecule has 0 radical (unpaired) electrons. The zero-order chi connectivity index (χ0) is 17.8. The van der Waals surface area contributed by atoms with E-state index in [9.17, 15) is 9.59 Å². The average Bonchev–Trinajstić information content (AvgIpc) is 2.65. The van der Waals surface area contributed by atoms with Crippen molar-refractivity contribution >= 4 is 16.8 Å². The summed E-state index contributed by atoms with van der Waals surface area (Å²) in [6.07, 6.45) is 0. The van der Waals surface area contributed by atoms with Crippen LogP contribution in [0.2, 0.25) is 0 Å². The third kappa shape index (κ3) is 3.40. The van der Waals surface area contributed by atoms with Crippen LogP contribution in [0.15, 0.2) is 53.3 Å². The predicted molar refractivity (Wildman–Crippen MR) is 93.9 cm³/mol. The van der Waals surface area contributed by atoms with Gasteiger partial charge in [0.2, 0.25) is 0 Å². The fourth-order valence-electron chi connectivity index (χ4n) is 2.62. The Bertz CT molecular complexity index is 1030. The van der Waals surface area contributed by atoms with Gasteiger partial charge in [-0.3, -0.25) is 9.59 Å². The zero-order valence-corrected chi connectivity index (χ0v) is 13.7. The van der Waals surface area contributed by atoms with E-state index in [1.54, 1.807) is 47.4 Å². The van der Waals surface area contributed by atoms with Crippen molar-refractivity contribution in [3.05, 3.63) is 75.8 Å². The molecule has 1 amide bonds. The number of amides is 1. The summed E-state index contributed by atoms with van der Waals surface area (Å²) in [5, 5.41) is 9.50. The molecule has 1 aromatic heterocycles. The molecule has 6 heteroatoms. The van der Waals surface area contributed by atoms with Gasteiger partial charge in [0.15, 0.2) is 0 Å². The van der Waals surface area contributed by atoms with Crippen LogP contribution in [-0.2, 0) is 6.54 Å². The van der Waals surface area contributed by atoms with E-state index in [4.69, 9.17) is 5.26 Å². The van der Waals surface area contributed by atoms with E-state index in [1.165, 1.54) is 0 Å². The van der Waals surface area contributed by atoms with E-state index in [0.29, 0.717) is 34.4 Å². The number of para-hydroxylation sites is 1. The number of hydrogen-bond acceptors (Lipinski definition) is 4. The summed E-state index contributed by atoms with van der Waals surface area (Å²) in [6, 6.07) is 15.6. The third-order valence-electron chi connectivity index (χ3n) is 3.91. The van der Waals surface area contributed by atoms with Gasteiger partial charge in [0, 0.05) is 12.1 Å². The number of benzene rings is 2. The number of aromatic nitrogens is 2. The Hall–Kier alpha value is -3.46. The Morgan fingerprint density at radius 1 is 1.24 bits per heavy atom. The Kier molecular flexibility index (Phi) is 4.57. The molecule has 0 saturated heterocycles. The van der Waals surface area contributed by atoms with Crippen molar-refractivity contribution in [1.29, 1.82) is 5.26 Å². The molecular formula is C19H16N4O2. The van der Waals surface area contributed by atoms with E-state index in [-0.39, 0.29) is 18.0 Å². The van der Waals surface area contributed by atoms with E-state index < -0.39 is 0 Å². The van der Waals surface area contributed by atoms with Gasteiger partial charge >= 0.3 is 0 Å². The summed E-state index contributed by atoms with van der Waals surface area (Å²) >= 11 is 0. The molecule has 1 heterocycles. The SMILES string of the molecule is CCN(Cc1nc2ccccc2c(=O)[nH]1)C(=O)c1cccc(C#N)c1. The molecule has 0 fully saturated rings. The summed E-state index contributed by atoms with van der Waals surface area (Å²) in [6.45, 7) is 2.49. The number of nitrogens with one attached hydrogen (secondary N) is 1. The highest BCUT2D eigenvalue weighted by molar-refractivity contribution is 5.94. The van der Waals surface area contributed by atoms with Crippen LogP contribution in [0.1, 0.15) is 28.7 Å². The highest BCUT2D eigenvalue weighted by atomic mass is 16.2. The maximum absolute atomic E-state index is 12.7. The van der Waals surface area contributed by atoms with Gasteiger partial charge in [-0.25, -0.2) is 4.98 Å². The van der Waals surface area contributed by atoms with Gasteiger partial charge in [0.25, 0.3) is 11.5 Å². The van der Waals surface area contributed by atoms with Gasteiger partial charge in [-0.2, -0.15) is 5.26 Å². The fraction of sp³-hybridized carbons (Fsp3) is 0.158. The molecule has 6 nitrogen and oxygen atoms in total. The lowest BCUT2D eigenvalue weighted by Crippen LogP contribution is -2.32. The number of rotatable bonds is 4. The van der Waals surface area contributed by atoms with Crippen LogP contribution in [0.3, 0.4) is 0 Å². The minimum atomic E-state index is -0.226. The van der Waals surface area contributed by atoms with Crippen molar-refractivity contribution in [2.24, 2.45) is 0 Å². The first-order valence-corrected chi connectivity index (χ1v) is 7.89. The van der Waals surface area contributed by atoms with Crippen molar-refractivity contribution < 1.29 is 4.79 Å². The highest BCUT2D eigenvalue weighted by Gasteiger charge is 2.16. The molecule has 0 spiro atoms. The molecular weight excluding hydrogens is 316 g/mol. The lowest BCUT2D eigenvalue weighted by Gasteiger charge is -2.20. The van der Waals surface area contributed by atoms with Crippen LogP contribution >= 0.6 is 0 Å². The number of carbonyl (C=O) groups is 1. The van der Waals surface area contributed by atoms with Gasteiger partial charge in [0.05, 0.1) is 29.1 Å². The van der Waals surface area contributed by atoms with Gasteiger partial charge in [0.1, 0.15) is 5.82 Å². The van der Waals surface area contributed by atoms with Crippen LogP contribution in [0.5, 0.6) is 0 Å². The van der Waals surface area contributed by atoms with Crippen molar-refractivity contribution in [3.8, 4) is 6.07 Å². The van der Waals surface area contributed by atoms with Crippen LogP contribution in [-0.4, -0.2) is 27.3 Å². The second-order valence-corrected chi connectivity index (χ2v) is 5.54. The quantitative estimate of drug-likeness (QED) is 0.794. The minimum Gasteiger partial charge on any atom is -0.331 e. The molecule has 0 aliphatic heterocycles. The number of fused-ring (bicyclic) bond motifs is 1. The number of nitrogens with zero attached hydrogens (tertiary/aromatic N) is 3. The number of H-pyrrole nitrogens is 1. The fourth-order valence-corrected chi connectivity index (χ4v) is 2.62. The summed E-state index contributed by atoms with van der Waals surface area (Å²) in [5.74, 6) is 0.214. The molecule has 0 saturated carbocycles. The normalized spacial score (nSPS) is 10.4. The molecule has 0 aliphatic carbocycles. The van der Waals surface area contributed by atoms with Crippen molar-refractivity contribution in [2.45, 2.75) is 13.5 Å². The monoisotopic (exact) mass is 332 g/mol. The molecule has 2 aromatic carbocycles. The molecule has 124 valence electrons.